The molecule has 0 aliphatic rings. The Morgan fingerprint density at radius 1 is 1.10 bits per heavy atom. The Morgan fingerprint density at radius 2 is 1.65 bits per heavy atom. The van der Waals surface area contributed by atoms with Gasteiger partial charge in [-0.2, -0.15) is 0 Å². The van der Waals surface area contributed by atoms with Crippen molar-refractivity contribution in [2.75, 3.05) is 60.2 Å². The fourth-order valence-electron chi connectivity index (χ4n) is 2.21. The minimum Gasteiger partial charge on any atom is -0.383 e. The van der Waals surface area contributed by atoms with E-state index in [1.54, 1.807) is 14.2 Å². The molecule has 0 aliphatic heterocycles. The fraction of sp³-hybridized carbons (Fsp3) is 1.00. The predicted molar refractivity (Wildman–Crippen MR) is 86.3 cm³/mol. The van der Waals surface area contributed by atoms with Crippen molar-refractivity contribution in [3.8, 4) is 0 Å². The molecular weight excluding hydrogens is 252 g/mol. The normalized spacial score (nSPS) is 15.0. The molecule has 0 radical (unpaired) electrons. The highest BCUT2D eigenvalue weighted by molar-refractivity contribution is 4.80. The molecule has 0 fully saturated rings. The quantitative estimate of drug-likeness (QED) is 0.563. The second kappa shape index (κ2) is 11.5. The number of ether oxygens (including phenoxy) is 2. The molecule has 0 saturated carbocycles. The zero-order valence-electron chi connectivity index (χ0n) is 14.5. The summed E-state index contributed by atoms with van der Waals surface area (Å²) in [7, 11) is 3.52. The van der Waals surface area contributed by atoms with Crippen LogP contribution in [-0.2, 0) is 9.47 Å². The van der Waals surface area contributed by atoms with Crippen molar-refractivity contribution in [2.45, 2.75) is 34.1 Å². The van der Waals surface area contributed by atoms with Gasteiger partial charge in [-0.15, -0.1) is 0 Å². The van der Waals surface area contributed by atoms with E-state index >= 15 is 0 Å². The number of rotatable bonds is 13. The van der Waals surface area contributed by atoms with Gasteiger partial charge in [-0.05, 0) is 24.3 Å². The van der Waals surface area contributed by atoms with E-state index in [4.69, 9.17) is 9.47 Å². The smallest absolute Gasteiger partial charge is 0.0589 e. The molecule has 0 aliphatic carbocycles. The van der Waals surface area contributed by atoms with Gasteiger partial charge in [0.15, 0.2) is 0 Å². The lowest BCUT2D eigenvalue weighted by Crippen LogP contribution is -2.44. The molecule has 4 heteroatoms. The third-order valence-electron chi connectivity index (χ3n) is 3.79. The van der Waals surface area contributed by atoms with Crippen LogP contribution in [-0.4, -0.2) is 65.1 Å². The average Bonchev–Trinajstić information content (AvgIpc) is 2.41. The van der Waals surface area contributed by atoms with E-state index in [2.05, 4.69) is 37.9 Å². The van der Waals surface area contributed by atoms with Gasteiger partial charge >= 0.3 is 0 Å². The topological polar surface area (TPSA) is 33.7 Å². The van der Waals surface area contributed by atoms with Crippen LogP contribution in [0, 0.1) is 11.3 Å². The summed E-state index contributed by atoms with van der Waals surface area (Å²) in [5.74, 6) is 0.703. The SMILES string of the molecule is CCC(C)(CNCC(C)C)CN(CCOC)CCOC. The zero-order chi connectivity index (χ0) is 15.4. The Balaban J connectivity index is 4.33. The number of nitrogens with zero attached hydrogens (tertiary/aromatic N) is 1. The average molecular weight is 288 g/mol. The molecule has 20 heavy (non-hydrogen) atoms. The summed E-state index contributed by atoms with van der Waals surface area (Å²) in [4.78, 5) is 2.45. The first-order valence-corrected chi connectivity index (χ1v) is 7.88. The van der Waals surface area contributed by atoms with Crippen molar-refractivity contribution in [3.05, 3.63) is 0 Å². The Bertz CT molecular complexity index is 217. The van der Waals surface area contributed by atoms with Crippen molar-refractivity contribution >= 4 is 0 Å². The van der Waals surface area contributed by atoms with E-state index in [1.807, 2.05) is 0 Å². The van der Waals surface area contributed by atoms with Crippen LogP contribution in [0.15, 0.2) is 0 Å². The van der Waals surface area contributed by atoms with Crippen LogP contribution in [0.2, 0.25) is 0 Å². The van der Waals surface area contributed by atoms with Crippen LogP contribution in [0.3, 0.4) is 0 Å². The van der Waals surface area contributed by atoms with Crippen molar-refractivity contribution in [1.82, 2.24) is 10.2 Å². The lowest BCUT2D eigenvalue weighted by atomic mass is 9.86. The Labute approximate surface area is 126 Å². The van der Waals surface area contributed by atoms with Crippen LogP contribution in [0.5, 0.6) is 0 Å². The van der Waals surface area contributed by atoms with Crippen molar-refractivity contribution in [1.29, 1.82) is 0 Å². The maximum Gasteiger partial charge on any atom is 0.0589 e. The molecule has 1 atom stereocenters. The van der Waals surface area contributed by atoms with Gasteiger partial charge in [-0.25, -0.2) is 0 Å². The third-order valence-corrected chi connectivity index (χ3v) is 3.79. The van der Waals surface area contributed by atoms with Gasteiger partial charge in [-0.1, -0.05) is 27.7 Å². The third kappa shape index (κ3) is 9.70. The summed E-state index contributed by atoms with van der Waals surface area (Å²) in [6, 6.07) is 0. The summed E-state index contributed by atoms with van der Waals surface area (Å²) < 4.78 is 10.4. The molecule has 0 bridgehead atoms. The van der Waals surface area contributed by atoms with E-state index in [-0.39, 0.29) is 0 Å². The Morgan fingerprint density at radius 3 is 2.05 bits per heavy atom. The summed E-state index contributed by atoms with van der Waals surface area (Å²) >= 11 is 0. The monoisotopic (exact) mass is 288 g/mol. The Kier molecular flexibility index (Phi) is 11.4. The highest BCUT2D eigenvalue weighted by Gasteiger charge is 2.25. The lowest BCUT2D eigenvalue weighted by Gasteiger charge is -2.35. The first-order valence-electron chi connectivity index (χ1n) is 7.88. The largest absolute Gasteiger partial charge is 0.383 e. The van der Waals surface area contributed by atoms with Gasteiger partial charge in [0, 0.05) is 40.4 Å². The van der Waals surface area contributed by atoms with E-state index in [1.165, 1.54) is 6.42 Å². The molecule has 0 aromatic rings. The standard InChI is InChI=1S/C16H36N2O2/c1-7-16(4,13-17-12-15(2)3)14-18(8-10-19-5)9-11-20-6/h15,17H,7-14H2,1-6H3. The predicted octanol–water partition coefficient (Wildman–Crippen LogP) is 2.24. The van der Waals surface area contributed by atoms with Crippen molar-refractivity contribution < 1.29 is 9.47 Å². The molecule has 0 spiro atoms. The molecule has 0 heterocycles. The first-order chi connectivity index (χ1) is 9.47. The molecule has 0 saturated heterocycles. The molecule has 0 aromatic carbocycles. The highest BCUT2D eigenvalue weighted by Crippen LogP contribution is 2.21. The highest BCUT2D eigenvalue weighted by atomic mass is 16.5. The van der Waals surface area contributed by atoms with E-state index < -0.39 is 0 Å². The second-order valence-electron chi connectivity index (χ2n) is 6.45. The van der Waals surface area contributed by atoms with Crippen molar-refractivity contribution in [3.63, 3.8) is 0 Å². The van der Waals surface area contributed by atoms with Gasteiger partial charge in [-0.3, -0.25) is 4.90 Å². The molecule has 122 valence electrons. The van der Waals surface area contributed by atoms with Crippen LogP contribution in [0.25, 0.3) is 0 Å². The van der Waals surface area contributed by atoms with Gasteiger partial charge in [0.25, 0.3) is 0 Å². The van der Waals surface area contributed by atoms with Crippen LogP contribution in [0.4, 0.5) is 0 Å². The number of hydrogen-bond acceptors (Lipinski definition) is 4. The maximum absolute atomic E-state index is 5.21. The first kappa shape index (κ1) is 19.8. The molecule has 0 rings (SSSR count). The number of nitrogens with one attached hydrogen (secondary N) is 1. The molecule has 4 nitrogen and oxygen atoms in total. The van der Waals surface area contributed by atoms with Crippen LogP contribution < -0.4 is 5.32 Å². The fourth-order valence-corrected chi connectivity index (χ4v) is 2.21. The molecule has 1 N–H and O–H groups in total. The summed E-state index contributed by atoms with van der Waals surface area (Å²) in [5, 5.41) is 3.60. The van der Waals surface area contributed by atoms with Gasteiger partial charge in [0.1, 0.15) is 0 Å². The van der Waals surface area contributed by atoms with E-state index in [0.717, 1.165) is 45.9 Å². The maximum atomic E-state index is 5.21. The van der Waals surface area contributed by atoms with Gasteiger partial charge < -0.3 is 14.8 Å². The van der Waals surface area contributed by atoms with Gasteiger partial charge in [0.05, 0.1) is 13.2 Å². The summed E-state index contributed by atoms with van der Waals surface area (Å²) in [5.41, 5.74) is 0.302. The number of hydrogen-bond donors (Lipinski definition) is 1. The molecule has 1 unspecified atom stereocenters. The zero-order valence-corrected chi connectivity index (χ0v) is 14.5. The minimum atomic E-state index is 0.302. The van der Waals surface area contributed by atoms with E-state index in [0.29, 0.717) is 11.3 Å². The Hall–Kier alpha value is -0.160. The van der Waals surface area contributed by atoms with Crippen LogP contribution >= 0.6 is 0 Å². The summed E-state index contributed by atoms with van der Waals surface area (Å²) in [6.07, 6.45) is 1.18. The molecule has 0 amide bonds. The van der Waals surface area contributed by atoms with Gasteiger partial charge in [0.2, 0.25) is 0 Å². The molecule has 0 aromatic heterocycles. The van der Waals surface area contributed by atoms with Crippen LogP contribution in [0.1, 0.15) is 34.1 Å². The molecular formula is C16H36N2O2. The van der Waals surface area contributed by atoms with E-state index in [9.17, 15) is 0 Å². The second-order valence-corrected chi connectivity index (χ2v) is 6.45. The number of methoxy groups -OCH3 is 2. The minimum absolute atomic E-state index is 0.302. The summed E-state index contributed by atoms with van der Waals surface area (Å²) in [6.45, 7) is 15.9. The lowest BCUT2D eigenvalue weighted by molar-refractivity contribution is 0.0818. The van der Waals surface area contributed by atoms with Crippen molar-refractivity contribution in [2.24, 2.45) is 11.3 Å².